The van der Waals surface area contributed by atoms with Gasteiger partial charge in [0.2, 0.25) is 0 Å². The summed E-state index contributed by atoms with van der Waals surface area (Å²) in [5.41, 5.74) is -0.627. The van der Waals surface area contributed by atoms with Crippen molar-refractivity contribution >= 4 is 5.91 Å². The summed E-state index contributed by atoms with van der Waals surface area (Å²) < 4.78 is 5.53. The summed E-state index contributed by atoms with van der Waals surface area (Å²) in [5.74, 6) is 0.0663. The Kier molecular flexibility index (Phi) is 2.98. The first kappa shape index (κ1) is 10.9. The monoisotopic (exact) mass is 213 g/mol. The molecule has 1 aliphatic heterocycles. The van der Waals surface area contributed by atoms with Crippen LogP contribution < -0.4 is 0 Å². The van der Waals surface area contributed by atoms with Gasteiger partial charge in [0, 0.05) is 19.2 Å². The number of hydrogen-bond acceptors (Lipinski definition) is 3. The Bertz CT molecular complexity index is 244. The van der Waals surface area contributed by atoms with E-state index < -0.39 is 5.60 Å². The molecule has 0 bridgehead atoms. The summed E-state index contributed by atoms with van der Waals surface area (Å²) in [7, 11) is 0. The Morgan fingerprint density at radius 3 is 2.80 bits per heavy atom. The first-order valence-corrected chi connectivity index (χ1v) is 5.73. The van der Waals surface area contributed by atoms with Gasteiger partial charge in [-0.1, -0.05) is 0 Å². The Morgan fingerprint density at radius 1 is 1.60 bits per heavy atom. The topological polar surface area (TPSA) is 49.8 Å². The van der Waals surface area contributed by atoms with E-state index in [1.165, 1.54) is 0 Å². The maximum Gasteiger partial charge on any atom is 0.254 e. The van der Waals surface area contributed by atoms with Crippen LogP contribution >= 0.6 is 0 Å². The molecule has 1 aliphatic carbocycles. The lowest BCUT2D eigenvalue weighted by atomic mass is 10.0. The second-order valence-electron chi connectivity index (χ2n) is 4.64. The maximum atomic E-state index is 12.2. The molecule has 1 amide bonds. The molecular weight excluding hydrogens is 194 g/mol. The molecule has 1 unspecified atom stereocenters. The summed E-state index contributed by atoms with van der Waals surface area (Å²) in [5, 5.41) is 8.95. The van der Waals surface area contributed by atoms with Crippen LogP contribution in [0.25, 0.3) is 0 Å². The molecule has 2 aliphatic rings. The number of nitrogens with zero attached hydrogens (tertiary/aromatic N) is 1. The highest BCUT2D eigenvalue weighted by Gasteiger charge is 2.44. The van der Waals surface area contributed by atoms with Crippen molar-refractivity contribution in [3.63, 3.8) is 0 Å². The van der Waals surface area contributed by atoms with Gasteiger partial charge in [-0.2, -0.15) is 0 Å². The lowest BCUT2D eigenvalue weighted by Gasteiger charge is -2.30. The number of carbonyl (C=O) groups is 1. The standard InChI is InChI=1S/C11H19NO3/c1-11(5-2-8-15-11)10(14)12(6-7-13)9-3-4-9/h9,13H,2-8H2,1H3. The number of aliphatic hydroxyl groups is 1. The number of carbonyl (C=O) groups excluding carboxylic acids is 1. The third kappa shape index (κ3) is 2.16. The van der Waals surface area contributed by atoms with E-state index in [1.54, 1.807) is 4.90 Å². The first-order valence-electron chi connectivity index (χ1n) is 5.73. The van der Waals surface area contributed by atoms with Gasteiger partial charge >= 0.3 is 0 Å². The minimum absolute atomic E-state index is 0.0400. The van der Waals surface area contributed by atoms with Gasteiger partial charge in [-0.05, 0) is 32.6 Å². The molecule has 1 heterocycles. The van der Waals surface area contributed by atoms with E-state index in [9.17, 15) is 4.79 Å². The van der Waals surface area contributed by atoms with Crippen LogP contribution in [0, 0.1) is 0 Å². The zero-order valence-electron chi connectivity index (χ0n) is 9.24. The van der Waals surface area contributed by atoms with Crippen molar-refractivity contribution in [2.24, 2.45) is 0 Å². The molecule has 0 radical (unpaired) electrons. The molecule has 2 fully saturated rings. The summed E-state index contributed by atoms with van der Waals surface area (Å²) >= 11 is 0. The van der Waals surface area contributed by atoms with Crippen molar-refractivity contribution in [1.82, 2.24) is 4.90 Å². The molecule has 1 N–H and O–H groups in total. The molecule has 1 atom stereocenters. The van der Waals surface area contributed by atoms with E-state index in [4.69, 9.17) is 9.84 Å². The Balaban J connectivity index is 2.02. The first-order chi connectivity index (χ1) is 7.17. The van der Waals surface area contributed by atoms with Crippen LogP contribution in [0.2, 0.25) is 0 Å². The number of ether oxygens (including phenoxy) is 1. The molecule has 4 heteroatoms. The molecule has 2 rings (SSSR count). The van der Waals surface area contributed by atoms with Crippen molar-refractivity contribution in [1.29, 1.82) is 0 Å². The minimum Gasteiger partial charge on any atom is -0.395 e. The zero-order chi connectivity index (χ0) is 10.9. The Morgan fingerprint density at radius 2 is 2.33 bits per heavy atom. The van der Waals surface area contributed by atoms with Gasteiger partial charge in [0.1, 0.15) is 5.60 Å². The fourth-order valence-corrected chi connectivity index (χ4v) is 2.20. The van der Waals surface area contributed by atoms with Gasteiger partial charge in [-0.15, -0.1) is 0 Å². The lowest BCUT2D eigenvalue weighted by Crippen LogP contribution is -2.48. The summed E-state index contributed by atoms with van der Waals surface area (Å²) in [6.45, 7) is 3.04. The third-order valence-corrected chi connectivity index (χ3v) is 3.26. The van der Waals surface area contributed by atoms with Gasteiger partial charge in [0.05, 0.1) is 6.61 Å². The van der Waals surface area contributed by atoms with Crippen molar-refractivity contribution in [2.75, 3.05) is 19.8 Å². The highest BCUT2D eigenvalue weighted by Crippen LogP contribution is 2.33. The van der Waals surface area contributed by atoms with Crippen LogP contribution in [-0.4, -0.2) is 47.3 Å². The smallest absolute Gasteiger partial charge is 0.254 e. The summed E-state index contributed by atoms with van der Waals surface area (Å²) in [4.78, 5) is 14.0. The van der Waals surface area contributed by atoms with E-state index in [1.807, 2.05) is 6.92 Å². The van der Waals surface area contributed by atoms with Crippen molar-refractivity contribution in [3.8, 4) is 0 Å². The van der Waals surface area contributed by atoms with Crippen molar-refractivity contribution in [3.05, 3.63) is 0 Å². The number of rotatable bonds is 4. The van der Waals surface area contributed by atoms with E-state index in [2.05, 4.69) is 0 Å². The van der Waals surface area contributed by atoms with E-state index in [0.717, 1.165) is 25.7 Å². The van der Waals surface area contributed by atoms with Crippen LogP contribution in [0.1, 0.15) is 32.6 Å². The van der Waals surface area contributed by atoms with Crippen molar-refractivity contribution in [2.45, 2.75) is 44.2 Å². The molecule has 86 valence electrons. The highest BCUT2D eigenvalue weighted by molar-refractivity contribution is 5.85. The zero-order valence-corrected chi connectivity index (χ0v) is 9.24. The molecular formula is C11H19NO3. The molecule has 15 heavy (non-hydrogen) atoms. The fraction of sp³-hybridized carbons (Fsp3) is 0.909. The normalized spacial score (nSPS) is 30.5. The van der Waals surface area contributed by atoms with Crippen LogP contribution in [0.4, 0.5) is 0 Å². The lowest BCUT2D eigenvalue weighted by molar-refractivity contribution is -0.152. The predicted molar refractivity (Wildman–Crippen MR) is 55.4 cm³/mol. The van der Waals surface area contributed by atoms with Crippen LogP contribution in [-0.2, 0) is 9.53 Å². The SMILES string of the molecule is CC1(C(=O)N(CCO)C2CC2)CCCO1. The molecule has 0 aromatic carbocycles. The third-order valence-electron chi connectivity index (χ3n) is 3.26. The van der Waals surface area contributed by atoms with E-state index in [-0.39, 0.29) is 12.5 Å². The molecule has 0 spiro atoms. The Hall–Kier alpha value is -0.610. The average molecular weight is 213 g/mol. The quantitative estimate of drug-likeness (QED) is 0.741. The summed E-state index contributed by atoms with van der Waals surface area (Å²) in [6, 6.07) is 0.352. The van der Waals surface area contributed by atoms with Gasteiger partial charge in [-0.25, -0.2) is 0 Å². The van der Waals surface area contributed by atoms with Gasteiger partial charge in [0.15, 0.2) is 0 Å². The second kappa shape index (κ2) is 4.10. The number of hydrogen-bond donors (Lipinski definition) is 1. The summed E-state index contributed by atoms with van der Waals surface area (Å²) in [6.07, 6.45) is 3.91. The molecule has 4 nitrogen and oxygen atoms in total. The average Bonchev–Trinajstić information content (AvgIpc) is 2.97. The van der Waals surface area contributed by atoms with Crippen LogP contribution in [0.3, 0.4) is 0 Å². The molecule has 0 aromatic heterocycles. The van der Waals surface area contributed by atoms with Gasteiger partial charge < -0.3 is 14.7 Å². The van der Waals surface area contributed by atoms with E-state index in [0.29, 0.717) is 19.2 Å². The fourth-order valence-electron chi connectivity index (χ4n) is 2.20. The molecule has 1 saturated carbocycles. The second-order valence-corrected chi connectivity index (χ2v) is 4.64. The Labute approximate surface area is 90.2 Å². The van der Waals surface area contributed by atoms with E-state index >= 15 is 0 Å². The molecule has 1 saturated heterocycles. The van der Waals surface area contributed by atoms with Gasteiger partial charge in [-0.3, -0.25) is 4.79 Å². The van der Waals surface area contributed by atoms with Gasteiger partial charge in [0.25, 0.3) is 5.91 Å². The largest absolute Gasteiger partial charge is 0.395 e. The molecule has 0 aromatic rings. The maximum absolute atomic E-state index is 12.2. The highest BCUT2D eigenvalue weighted by atomic mass is 16.5. The van der Waals surface area contributed by atoms with Crippen LogP contribution in [0.15, 0.2) is 0 Å². The number of amides is 1. The van der Waals surface area contributed by atoms with Crippen molar-refractivity contribution < 1.29 is 14.6 Å². The predicted octanol–water partition coefficient (Wildman–Crippen LogP) is 0.539. The number of aliphatic hydroxyl groups excluding tert-OH is 1. The van der Waals surface area contributed by atoms with Crippen LogP contribution in [0.5, 0.6) is 0 Å². The minimum atomic E-state index is -0.627.